The van der Waals surface area contributed by atoms with Crippen molar-refractivity contribution >= 4 is 33.3 Å². The minimum Gasteiger partial charge on any atom is -0.390 e. The van der Waals surface area contributed by atoms with E-state index in [1.807, 2.05) is 87.7 Å². The van der Waals surface area contributed by atoms with Gasteiger partial charge in [-0.3, -0.25) is 4.79 Å². The predicted molar refractivity (Wildman–Crippen MR) is 211 cm³/mol. The molecule has 288 valence electrons. The maximum Gasteiger partial charge on any atom is 0.321 e. The summed E-state index contributed by atoms with van der Waals surface area (Å²) >= 11 is 1.55. The molecule has 12 nitrogen and oxygen atoms in total. The molecule has 1 aromatic heterocycles. The van der Waals surface area contributed by atoms with Crippen molar-refractivity contribution in [3.8, 4) is 10.6 Å². The van der Waals surface area contributed by atoms with E-state index >= 15 is 0 Å². The van der Waals surface area contributed by atoms with Gasteiger partial charge in [-0.1, -0.05) is 100.0 Å². The Hall–Kier alpha value is -4.50. The molecule has 0 aliphatic carbocycles. The number of hydrogen-bond donors (Lipinski definition) is 2. The SMILES string of the molecule is CC[C@H](C)[C@@H](C(=O)N[C@@H](Cc1ccccc1)[C@H](O)CN(CC(C)C)S(=O)(=O)c1ccc(CN=O)cc1)N1CCN(Cc2cccc(-c3nccs3)c2)C1=O. The van der Waals surface area contributed by atoms with Crippen LogP contribution in [0.2, 0.25) is 0 Å². The molecule has 1 aliphatic heterocycles. The third kappa shape index (κ3) is 10.2. The van der Waals surface area contributed by atoms with E-state index in [0.717, 1.165) is 21.7 Å². The molecular weight excluding hydrogens is 725 g/mol. The summed E-state index contributed by atoms with van der Waals surface area (Å²) in [4.78, 5) is 46.9. The number of aromatic nitrogens is 1. The highest BCUT2D eigenvalue weighted by atomic mass is 32.2. The molecule has 5 rings (SSSR count). The minimum atomic E-state index is -4.07. The topological polar surface area (TPSA) is 153 Å². The summed E-state index contributed by atoms with van der Waals surface area (Å²) in [5, 5.41) is 20.6. The Balaban J connectivity index is 1.36. The quantitative estimate of drug-likeness (QED) is 0.108. The molecule has 54 heavy (non-hydrogen) atoms. The van der Waals surface area contributed by atoms with Crippen LogP contribution in [0.3, 0.4) is 0 Å². The van der Waals surface area contributed by atoms with Gasteiger partial charge in [-0.2, -0.15) is 9.21 Å². The van der Waals surface area contributed by atoms with Crippen molar-refractivity contribution in [3.63, 3.8) is 0 Å². The maximum atomic E-state index is 14.4. The molecule has 2 heterocycles. The summed E-state index contributed by atoms with van der Waals surface area (Å²) < 4.78 is 29.2. The second-order valence-corrected chi connectivity index (χ2v) is 17.1. The van der Waals surface area contributed by atoms with Crippen LogP contribution in [-0.4, -0.2) is 88.9 Å². The number of carbonyl (C=O) groups is 2. The Morgan fingerprint density at radius 1 is 0.981 bits per heavy atom. The lowest BCUT2D eigenvalue weighted by molar-refractivity contribution is -0.128. The lowest BCUT2D eigenvalue weighted by Crippen LogP contribution is -2.57. The summed E-state index contributed by atoms with van der Waals surface area (Å²) in [5.41, 5.74) is 3.38. The first-order chi connectivity index (χ1) is 25.9. The van der Waals surface area contributed by atoms with E-state index in [9.17, 15) is 28.0 Å². The number of urea groups is 1. The number of nitrogens with one attached hydrogen (secondary N) is 1. The number of thiazole rings is 1. The van der Waals surface area contributed by atoms with Gasteiger partial charge in [0.2, 0.25) is 15.9 Å². The first-order valence-electron chi connectivity index (χ1n) is 18.4. The molecule has 0 bridgehead atoms. The van der Waals surface area contributed by atoms with Crippen LogP contribution >= 0.6 is 11.3 Å². The lowest BCUT2D eigenvalue weighted by Gasteiger charge is -2.35. The summed E-state index contributed by atoms with van der Waals surface area (Å²) in [6.07, 6.45) is 1.33. The van der Waals surface area contributed by atoms with Crippen LogP contribution in [-0.2, 0) is 34.3 Å². The minimum absolute atomic E-state index is 0.0255. The number of amides is 3. The molecule has 1 fully saturated rings. The van der Waals surface area contributed by atoms with Crippen LogP contribution in [0.4, 0.5) is 4.79 Å². The molecule has 4 aromatic rings. The third-order valence-corrected chi connectivity index (χ3v) is 12.4. The maximum absolute atomic E-state index is 14.4. The summed E-state index contributed by atoms with van der Waals surface area (Å²) in [7, 11) is -4.07. The van der Waals surface area contributed by atoms with Gasteiger partial charge in [0.25, 0.3) is 0 Å². The fourth-order valence-corrected chi connectivity index (χ4v) is 9.01. The predicted octanol–water partition coefficient (Wildman–Crippen LogP) is 6.16. The average Bonchev–Trinajstić information content (AvgIpc) is 3.82. The highest BCUT2D eigenvalue weighted by Crippen LogP contribution is 2.27. The molecule has 1 aliphatic rings. The molecule has 3 aromatic carbocycles. The van der Waals surface area contributed by atoms with Crippen LogP contribution in [0, 0.1) is 16.7 Å². The smallest absolute Gasteiger partial charge is 0.321 e. The van der Waals surface area contributed by atoms with Gasteiger partial charge in [0.1, 0.15) is 17.6 Å². The van der Waals surface area contributed by atoms with E-state index in [2.05, 4.69) is 15.5 Å². The molecule has 0 radical (unpaired) electrons. The Kier molecular flexibility index (Phi) is 14.1. The lowest BCUT2D eigenvalue weighted by atomic mass is 9.95. The first kappa shape index (κ1) is 40.7. The van der Waals surface area contributed by atoms with Crippen LogP contribution in [0.5, 0.6) is 0 Å². The van der Waals surface area contributed by atoms with Gasteiger partial charge in [0.15, 0.2) is 0 Å². The van der Waals surface area contributed by atoms with Crippen molar-refractivity contribution in [2.45, 2.75) is 76.7 Å². The zero-order valence-electron chi connectivity index (χ0n) is 31.2. The fraction of sp³-hybridized carbons (Fsp3) is 0.425. The van der Waals surface area contributed by atoms with E-state index in [1.165, 1.54) is 16.4 Å². The van der Waals surface area contributed by atoms with Gasteiger partial charge < -0.3 is 20.2 Å². The summed E-state index contributed by atoms with van der Waals surface area (Å²) in [6, 6.07) is 21.4. The van der Waals surface area contributed by atoms with Crippen LogP contribution < -0.4 is 5.32 Å². The van der Waals surface area contributed by atoms with Crippen molar-refractivity contribution in [2.24, 2.45) is 17.0 Å². The van der Waals surface area contributed by atoms with Crippen LogP contribution in [0.1, 0.15) is 50.8 Å². The van der Waals surface area contributed by atoms with Crippen LogP contribution in [0.25, 0.3) is 10.6 Å². The van der Waals surface area contributed by atoms with Gasteiger partial charge >= 0.3 is 6.03 Å². The highest BCUT2D eigenvalue weighted by Gasteiger charge is 2.41. The van der Waals surface area contributed by atoms with Crippen molar-refractivity contribution in [1.29, 1.82) is 0 Å². The number of hydrogen-bond acceptors (Lipinski definition) is 9. The molecule has 1 saturated heterocycles. The second-order valence-electron chi connectivity index (χ2n) is 14.3. The van der Waals surface area contributed by atoms with Crippen LogP contribution in [0.15, 0.2) is 101 Å². The zero-order chi connectivity index (χ0) is 38.8. The van der Waals surface area contributed by atoms with E-state index in [0.29, 0.717) is 31.6 Å². The van der Waals surface area contributed by atoms with Gasteiger partial charge in [-0.15, -0.1) is 11.3 Å². The number of nitrogens with zero attached hydrogens (tertiary/aromatic N) is 5. The standard InChI is InChI=1S/C40H50N6O6S2/c1-5-29(4)37(46-20-19-44(40(46)49)26-32-12-9-13-33(22-32)39-41-18-21-53-39)38(48)43-35(23-30-10-7-6-8-11-30)36(47)27-45(25-28(2)3)54(51,52)34-16-14-31(15-17-34)24-42-50/h6-18,21-22,28-29,35-37,47H,5,19-20,23-27H2,1-4H3,(H,43,48)/t29-,35-,36+,37-/m0/s1. The van der Waals surface area contributed by atoms with Gasteiger partial charge in [0.05, 0.1) is 17.0 Å². The third-order valence-electron chi connectivity index (χ3n) is 9.75. The molecule has 2 N–H and O–H groups in total. The van der Waals surface area contributed by atoms with Crippen molar-refractivity contribution < 1.29 is 23.1 Å². The number of benzene rings is 3. The number of sulfonamides is 1. The van der Waals surface area contributed by atoms with Gasteiger partial charge in [-0.05, 0) is 53.1 Å². The largest absolute Gasteiger partial charge is 0.390 e. The number of aliphatic hydroxyl groups is 1. The number of carbonyl (C=O) groups excluding carboxylic acids is 2. The fourth-order valence-electron chi connectivity index (χ4n) is 6.75. The number of rotatable bonds is 19. The zero-order valence-corrected chi connectivity index (χ0v) is 32.9. The van der Waals surface area contributed by atoms with E-state index in [-0.39, 0.29) is 48.8 Å². The van der Waals surface area contributed by atoms with E-state index in [4.69, 9.17) is 0 Å². The van der Waals surface area contributed by atoms with Crippen molar-refractivity contribution in [2.75, 3.05) is 26.2 Å². The molecule has 14 heteroatoms. The summed E-state index contributed by atoms with van der Waals surface area (Å²) in [5.74, 6) is -0.670. The molecule has 0 saturated carbocycles. The Morgan fingerprint density at radius 3 is 2.35 bits per heavy atom. The normalized spacial score (nSPS) is 15.7. The van der Waals surface area contributed by atoms with E-state index in [1.54, 1.807) is 39.5 Å². The summed E-state index contributed by atoms with van der Waals surface area (Å²) in [6.45, 7) is 8.67. The molecule has 3 amide bonds. The molecule has 4 atom stereocenters. The van der Waals surface area contributed by atoms with Crippen molar-refractivity contribution in [3.05, 3.63) is 112 Å². The average molecular weight is 775 g/mol. The first-order valence-corrected chi connectivity index (χ1v) is 20.7. The van der Waals surface area contributed by atoms with Crippen molar-refractivity contribution in [1.82, 2.24) is 24.4 Å². The molecule has 0 unspecified atom stereocenters. The van der Waals surface area contributed by atoms with Gasteiger partial charge in [0, 0.05) is 49.9 Å². The highest BCUT2D eigenvalue weighted by molar-refractivity contribution is 7.89. The Labute approximate surface area is 322 Å². The Morgan fingerprint density at radius 2 is 1.70 bits per heavy atom. The number of aliphatic hydroxyl groups excluding tert-OH is 1. The Bertz CT molecular complexity index is 1940. The molecule has 0 spiro atoms. The van der Waals surface area contributed by atoms with Gasteiger partial charge in [-0.25, -0.2) is 18.2 Å². The number of nitroso groups, excluding NO2 is 1. The van der Waals surface area contributed by atoms with E-state index < -0.39 is 34.1 Å². The molecular formula is C40H50N6O6S2. The second kappa shape index (κ2) is 18.7. The monoisotopic (exact) mass is 774 g/mol.